The lowest BCUT2D eigenvalue weighted by molar-refractivity contribution is 0.100. The minimum absolute atomic E-state index is 0.423. The third-order valence-electron chi connectivity index (χ3n) is 3.50. The first kappa shape index (κ1) is 16.2. The Bertz CT molecular complexity index is 620. The van der Waals surface area contributed by atoms with Gasteiger partial charge in [0.05, 0.1) is 5.69 Å². The lowest BCUT2D eigenvalue weighted by atomic mass is 10.1. The number of pyridine rings is 1. The maximum absolute atomic E-state index is 11.2. The van der Waals surface area contributed by atoms with Crippen LogP contribution in [0.15, 0.2) is 42.6 Å². The van der Waals surface area contributed by atoms with Crippen LogP contribution in [0.2, 0.25) is 0 Å². The van der Waals surface area contributed by atoms with Crippen LogP contribution in [0.5, 0.6) is 0 Å². The van der Waals surface area contributed by atoms with Gasteiger partial charge in [-0.2, -0.15) is 0 Å². The highest BCUT2D eigenvalue weighted by molar-refractivity contribution is 5.93. The van der Waals surface area contributed by atoms with Crippen LogP contribution in [0.1, 0.15) is 36.2 Å². The number of benzene rings is 1. The molecule has 1 aromatic carbocycles. The number of primary amides is 1. The monoisotopic (exact) mass is 297 g/mol. The van der Waals surface area contributed by atoms with Gasteiger partial charge in [-0.1, -0.05) is 32.0 Å². The number of nitrogens with one attached hydrogen (secondary N) is 1. The molecule has 0 aliphatic carbocycles. The fraction of sp³-hybridized carbons (Fsp3) is 0.333. The van der Waals surface area contributed by atoms with Crippen molar-refractivity contribution in [3.05, 3.63) is 53.7 Å². The maximum atomic E-state index is 11.2. The zero-order chi connectivity index (χ0) is 15.9. The minimum Gasteiger partial charge on any atom is -0.366 e. The average molecular weight is 297 g/mol. The van der Waals surface area contributed by atoms with Crippen LogP contribution in [0, 0.1) is 5.92 Å². The van der Waals surface area contributed by atoms with Gasteiger partial charge >= 0.3 is 0 Å². The molecule has 2 rings (SSSR count). The predicted octanol–water partition coefficient (Wildman–Crippen LogP) is 2.98. The van der Waals surface area contributed by atoms with E-state index in [1.165, 1.54) is 6.42 Å². The summed E-state index contributed by atoms with van der Waals surface area (Å²) in [6.45, 7) is 6.28. The predicted molar refractivity (Wildman–Crippen MR) is 89.4 cm³/mol. The van der Waals surface area contributed by atoms with Gasteiger partial charge in [-0.05, 0) is 42.6 Å². The second kappa shape index (κ2) is 7.71. The highest BCUT2D eigenvalue weighted by Gasteiger charge is 2.04. The SMILES string of the molecule is CC(C)CCNCc1ccc(-c2cccc(C(N)=O)c2)nc1. The van der Waals surface area contributed by atoms with E-state index in [0.717, 1.165) is 29.9 Å². The summed E-state index contributed by atoms with van der Waals surface area (Å²) in [5.74, 6) is 0.290. The Morgan fingerprint density at radius 3 is 2.73 bits per heavy atom. The topological polar surface area (TPSA) is 68.0 Å². The van der Waals surface area contributed by atoms with Crippen molar-refractivity contribution in [3.8, 4) is 11.3 Å². The number of aromatic nitrogens is 1. The fourth-order valence-corrected chi connectivity index (χ4v) is 2.16. The molecular weight excluding hydrogens is 274 g/mol. The number of nitrogens with zero attached hydrogens (tertiary/aromatic N) is 1. The highest BCUT2D eigenvalue weighted by atomic mass is 16.1. The standard InChI is InChI=1S/C18H23N3O/c1-13(2)8-9-20-11-14-6-7-17(21-12-14)15-4-3-5-16(10-15)18(19)22/h3-7,10,12-13,20H,8-9,11H2,1-2H3,(H2,19,22). The van der Waals surface area contributed by atoms with E-state index >= 15 is 0 Å². The number of hydrogen-bond acceptors (Lipinski definition) is 3. The van der Waals surface area contributed by atoms with Gasteiger partial charge in [0.15, 0.2) is 0 Å². The van der Waals surface area contributed by atoms with Gasteiger partial charge < -0.3 is 11.1 Å². The van der Waals surface area contributed by atoms with Crippen LogP contribution in [-0.2, 0) is 6.54 Å². The maximum Gasteiger partial charge on any atom is 0.248 e. The van der Waals surface area contributed by atoms with E-state index < -0.39 is 5.91 Å². The Hall–Kier alpha value is -2.20. The van der Waals surface area contributed by atoms with Crippen LogP contribution >= 0.6 is 0 Å². The molecule has 0 spiro atoms. The van der Waals surface area contributed by atoms with Gasteiger partial charge in [0.25, 0.3) is 0 Å². The van der Waals surface area contributed by atoms with Crippen molar-refractivity contribution in [2.24, 2.45) is 11.7 Å². The third-order valence-corrected chi connectivity index (χ3v) is 3.50. The lowest BCUT2D eigenvalue weighted by Gasteiger charge is -2.08. The van der Waals surface area contributed by atoms with Crippen LogP contribution in [0.4, 0.5) is 0 Å². The summed E-state index contributed by atoms with van der Waals surface area (Å²) in [5, 5.41) is 3.42. The van der Waals surface area contributed by atoms with Gasteiger partial charge in [-0.25, -0.2) is 0 Å². The Morgan fingerprint density at radius 1 is 1.27 bits per heavy atom. The van der Waals surface area contributed by atoms with E-state index in [1.54, 1.807) is 12.1 Å². The summed E-state index contributed by atoms with van der Waals surface area (Å²) in [5.41, 5.74) is 8.70. The van der Waals surface area contributed by atoms with Gasteiger partial charge in [0, 0.05) is 23.9 Å². The molecule has 0 bridgehead atoms. The van der Waals surface area contributed by atoms with E-state index in [9.17, 15) is 4.79 Å². The van der Waals surface area contributed by atoms with Gasteiger partial charge in [-0.3, -0.25) is 9.78 Å². The molecule has 0 aliphatic rings. The Labute approximate surface area is 131 Å². The summed E-state index contributed by atoms with van der Waals surface area (Å²) in [6, 6.07) is 11.2. The molecule has 3 N–H and O–H groups in total. The zero-order valence-corrected chi connectivity index (χ0v) is 13.2. The van der Waals surface area contributed by atoms with Crippen LogP contribution in [0.25, 0.3) is 11.3 Å². The third kappa shape index (κ3) is 4.67. The van der Waals surface area contributed by atoms with Crippen LogP contribution in [-0.4, -0.2) is 17.4 Å². The highest BCUT2D eigenvalue weighted by Crippen LogP contribution is 2.18. The van der Waals surface area contributed by atoms with Crippen LogP contribution in [0.3, 0.4) is 0 Å². The van der Waals surface area contributed by atoms with Gasteiger partial charge in [0.1, 0.15) is 0 Å². The molecule has 0 radical (unpaired) electrons. The van der Waals surface area contributed by atoms with E-state index in [4.69, 9.17) is 5.73 Å². The molecule has 0 fully saturated rings. The van der Waals surface area contributed by atoms with Crippen molar-refractivity contribution in [1.82, 2.24) is 10.3 Å². The van der Waals surface area contributed by atoms with E-state index in [-0.39, 0.29) is 0 Å². The fourth-order valence-electron chi connectivity index (χ4n) is 2.16. The average Bonchev–Trinajstić information content (AvgIpc) is 2.52. The number of rotatable bonds is 7. The van der Waals surface area contributed by atoms with Crippen molar-refractivity contribution >= 4 is 5.91 Å². The molecule has 22 heavy (non-hydrogen) atoms. The molecule has 116 valence electrons. The number of nitrogens with two attached hydrogens (primary N) is 1. The first-order valence-corrected chi connectivity index (χ1v) is 7.62. The summed E-state index contributed by atoms with van der Waals surface area (Å²) < 4.78 is 0. The molecule has 0 saturated carbocycles. The Kier molecular flexibility index (Phi) is 5.67. The zero-order valence-electron chi connectivity index (χ0n) is 13.2. The Morgan fingerprint density at radius 2 is 2.09 bits per heavy atom. The lowest BCUT2D eigenvalue weighted by Crippen LogP contribution is -2.16. The first-order chi connectivity index (χ1) is 10.6. The van der Waals surface area contributed by atoms with Gasteiger partial charge in [0.2, 0.25) is 5.91 Å². The van der Waals surface area contributed by atoms with Crippen molar-refractivity contribution in [2.45, 2.75) is 26.8 Å². The van der Waals surface area contributed by atoms with Crippen molar-refractivity contribution in [1.29, 1.82) is 0 Å². The summed E-state index contributed by atoms with van der Waals surface area (Å²) in [4.78, 5) is 15.7. The number of carbonyl (C=O) groups is 1. The molecule has 4 heteroatoms. The molecule has 0 atom stereocenters. The molecule has 2 aromatic rings. The first-order valence-electron chi connectivity index (χ1n) is 7.62. The summed E-state index contributed by atoms with van der Waals surface area (Å²) in [6.07, 6.45) is 3.04. The summed E-state index contributed by atoms with van der Waals surface area (Å²) in [7, 11) is 0. The second-order valence-electron chi connectivity index (χ2n) is 5.86. The molecule has 1 aromatic heterocycles. The largest absolute Gasteiger partial charge is 0.366 e. The minimum atomic E-state index is -0.423. The molecule has 0 saturated heterocycles. The van der Waals surface area contributed by atoms with Crippen molar-refractivity contribution in [3.63, 3.8) is 0 Å². The second-order valence-corrected chi connectivity index (χ2v) is 5.86. The van der Waals surface area contributed by atoms with Crippen LogP contribution < -0.4 is 11.1 Å². The molecule has 1 heterocycles. The van der Waals surface area contributed by atoms with E-state index in [0.29, 0.717) is 11.5 Å². The van der Waals surface area contributed by atoms with E-state index in [1.807, 2.05) is 24.4 Å². The van der Waals surface area contributed by atoms with Crippen molar-refractivity contribution in [2.75, 3.05) is 6.54 Å². The molecule has 4 nitrogen and oxygen atoms in total. The molecule has 0 aliphatic heterocycles. The number of amides is 1. The number of hydrogen-bond donors (Lipinski definition) is 2. The summed E-state index contributed by atoms with van der Waals surface area (Å²) >= 11 is 0. The molecular formula is C18H23N3O. The quantitative estimate of drug-likeness (QED) is 0.772. The normalized spacial score (nSPS) is 10.9. The smallest absolute Gasteiger partial charge is 0.248 e. The van der Waals surface area contributed by atoms with Gasteiger partial charge in [-0.15, -0.1) is 0 Å². The molecule has 1 amide bonds. The van der Waals surface area contributed by atoms with Crippen molar-refractivity contribution < 1.29 is 4.79 Å². The van der Waals surface area contributed by atoms with E-state index in [2.05, 4.69) is 30.2 Å². The Balaban J connectivity index is 1.99. The molecule has 0 unspecified atom stereocenters. The number of carbonyl (C=O) groups excluding carboxylic acids is 1.